The summed E-state index contributed by atoms with van der Waals surface area (Å²) in [6.45, 7) is 6.74. The Kier molecular flexibility index (Phi) is 12.0. The second-order valence-electron chi connectivity index (χ2n) is 6.35. The van der Waals surface area contributed by atoms with E-state index in [0.717, 1.165) is 5.56 Å². The summed E-state index contributed by atoms with van der Waals surface area (Å²) in [5.74, 6) is -1.68. The molecule has 26 heavy (non-hydrogen) atoms. The van der Waals surface area contributed by atoms with E-state index in [1.165, 1.54) is 6.92 Å². The van der Waals surface area contributed by atoms with Gasteiger partial charge in [0, 0.05) is 0 Å². The molecule has 7 nitrogen and oxygen atoms in total. The van der Waals surface area contributed by atoms with Crippen molar-refractivity contribution in [1.29, 1.82) is 0 Å². The smallest absolute Gasteiger partial charge is 0.548 e. The molecule has 0 fully saturated rings. The Hall–Kier alpha value is -0.934. The van der Waals surface area contributed by atoms with E-state index < -0.39 is 29.9 Å². The average molecular weight is 389 g/mol. The van der Waals surface area contributed by atoms with Crippen LogP contribution in [0, 0.1) is 12.8 Å². The zero-order valence-electron chi connectivity index (χ0n) is 16.0. The van der Waals surface area contributed by atoms with Crippen LogP contribution >= 0.6 is 0 Å². The Bertz CT molecular complexity index is 621. The number of carboxylic acid groups (broad SMARTS) is 1. The van der Waals surface area contributed by atoms with Gasteiger partial charge in [-0.1, -0.05) is 32.0 Å². The van der Waals surface area contributed by atoms with Crippen molar-refractivity contribution in [3.05, 3.63) is 29.8 Å². The van der Waals surface area contributed by atoms with Gasteiger partial charge in [0.05, 0.1) is 12.0 Å². The van der Waals surface area contributed by atoms with Crippen molar-refractivity contribution in [3.8, 4) is 5.75 Å². The third-order valence-electron chi connectivity index (χ3n) is 3.52. The first-order chi connectivity index (χ1) is 11.7. The summed E-state index contributed by atoms with van der Waals surface area (Å²) in [7, 11) is 0. The van der Waals surface area contributed by atoms with Gasteiger partial charge in [-0.25, -0.2) is 0 Å². The van der Waals surface area contributed by atoms with Gasteiger partial charge in [-0.05, 0) is 37.8 Å². The molecule has 0 aromatic heterocycles. The number of rotatable bonds is 9. The molecule has 0 heterocycles. The minimum Gasteiger partial charge on any atom is -0.548 e. The van der Waals surface area contributed by atoms with Crippen LogP contribution in [0.2, 0.25) is 0 Å². The monoisotopic (exact) mass is 388 g/mol. The van der Waals surface area contributed by atoms with Crippen LogP contribution in [0.1, 0.15) is 32.8 Å². The number of amides is 2. The van der Waals surface area contributed by atoms with Gasteiger partial charge >= 0.3 is 51.4 Å². The first-order valence-electron chi connectivity index (χ1n) is 8.19. The standard InChI is InChI=1S/C18H26N2O5.K/c1-11(2)9-14(17(22)19-13(4)18(23)24)20-16(21)10-25-15-8-6-5-7-12(15)3;/h5-8,11,13-14H,9-10H2,1-4H3,(H,19,22)(H,20,21)(H,23,24);/q;+1/p-1/t13?,14-;/m0./s1. The minimum atomic E-state index is -1.38. The van der Waals surface area contributed by atoms with Gasteiger partial charge in [0.1, 0.15) is 11.8 Å². The number of carboxylic acids is 1. The summed E-state index contributed by atoms with van der Waals surface area (Å²) in [6.07, 6.45) is 0.377. The molecule has 1 rings (SSSR count). The number of aliphatic carboxylic acids is 1. The maximum Gasteiger partial charge on any atom is 1.00 e. The molecule has 0 saturated carbocycles. The predicted octanol–water partition coefficient (Wildman–Crippen LogP) is -2.84. The quantitative estimate of drug-likeness (QED) is 0.443. The molecular weight excluding hydrogens is 363 g/mol. The van der Waals surface area contributed by atoms with Gasteiger partial charge < -0.3 is 25.3 Å². The summed E-state index contributed by atoms with van der Waals surface area (Å²) in [6, 6.07) is 5.31. The number of aryl methyl sites for hydroxylation is 1. The molecule has 0 saturated heterocycles. The van der Waals surface area contributed by atoms with Gasteiger partial charge in [-0.15, -0.1) is 0 Å². The van der Waals surface area contributed by atoms with Crippen LogP contribution < -0.4 is 71.9 Å². The van der Waals surface area contributed by atoms with Crippen LogP contribution in [0.3, 0.4) is 0 Å². The molecule has 1 aromatic rings. The number of carbonyl (C=O) groups is 3. The first-order valence-corrected chi connectivity index (χ1v) is 8.19. The molecule has 0 radical (unpaired) electrons. The van der Waals surface area contributed by atoms with Gasteiger partial charge in [-0.2, -0.15) is 0 Å². The summed E-state index contributed by atoms with van der Waals surface area (Å²) < 4.78 is 5.46. The van der Waals surface area contributed by atoms with Crippen molar-refractivity contribution in [2.24, 2.45) is 5.92 Å². The number of ether oxygens (including phenoxy) is 1. The summed E-state index contributed by atoms with van der Waals surface area (Å²) in [5, 5.41) is 15.7. The number of nitrogens with one attached hydrogen (secondary N) is 2. The Labute approximate surface area is 196 Å². The summed E-state index contributed by atoms with van der Waals surface area (Å²) in [5.41, 5.74) is 0.898. The van der Waals surface area contributed by atoms with Crippen molar-refractivity contribution < 1.29 is 75.6 Å². The fraction of sp³-hybridized carbons (Fsp3) is 0.500. The second-order valence-corrected chi connectivity index (χ2v) is 6.35. The second kappa shape index (κ2) is 12.5. The topological polar surface area (TPSA) is 108 Å². The van der Waals surface area contributed by atoms with Crippen LogP contribution in [0.25, 0.3) is 0 Å². The van der Waals surface area contributed by atoms with Crippen molar-refractivity contribution in [1.82, 2.24) is 10.6 Å². The van der Waals surface area contributed by atoms with Crippen LogP contribution in [0.5, 0.6) is 5.75 Å². The fourth-order valence-corrected chi connectivity index (χ4v) is 2.17. The molecule has 0 aliphatic heterocycles. The summed E-state index contributed by atoms with van der Waals surface area (Å²) >= 11 is 0. The van der Waals surface area contributed by atoms with Crippen molar-refractivity contribution >= 4 is 17.8 Å². The minimum absolute atomic E-state index is 0. The molecule has 2 amide bonds. The zero-order chi connectivity index (χ0) is 19.0. The van der Waals surface area contributed by atoms with Crippen LogP contribution in [-0.2, 0) is 14.4 Å². The number of hydrogen-bond donors (Lipinski definition) is 2. The van der Waals surface area contributed by atoms with E-state index in [0.29, 0.717) is 12.2 Å². The Balaban J connectivity index is 0.00000625. The van der Waals surface area contributed by atoms with E-state index in [1.807, 2.05) is 32.9 Å². The van der Waals surface area contributed by atoms with Crippen molar-refractivity contribution in [3.63, 3.8) is 0 Å². The molecule has 2 atom stereocenters. The third-order valence-corrected chi connectivity index (χ3v) is 3.52. The summed E-state index contributed by atoms with van der Waals surface area (Å²) in [4.78, 5) is 35.1. The largest absolute Gasteiger partial charge is 1.00 e. The van der Waals surface area contributed by atoms with Crippen molar-refractivity contribution in [2.75, 3.05) is 6.61 Å². The first kappa shape index (κ1) is 25.1. The molecule has 1 unspecified atom stereocenters. The number of hydrogen-bond acceptors (Lipinski definition) is 5. The van der Waals surface area contributed by atoms with E-state index >= 15 is 0 Å². The normalized spacial score (nSPS) is 12.5. The van der Waals surface area contributed by atoms with E-state index in [2.05, 4.69) is 10.6 Å². The van der Waals surface area contributed by atoms with Gasteiger partial charge in [0.2, 0.25) is 5.91 Å². The fourth-order valence-electron chi connectivity index (χ4n) is 2.17. The maximum absolute atomic E-state index is 12.2. The van der Waals surface area contributed by atoms with Crippen LogP contribution in [0.15, 0.2) is 24.3 Å². The number of benzene rings is 1. The predicted molar refractivity (Wildman–Crippen MR) is 90.7 cm³/mol. The maximum atomic E-state index is 12.2. The molecule has 0 aliphatic rings. The number of para-hydroxylation sites is 1. The molecule has 2 N–H and O–H groups in total. The van der Waals surface area contributed by atoms with E-state index in [-0.39, 0.29) is 63.9 Å². The molecule has 0 aliphatic carbocycles. The molecule has 8 heteroatoms. The molecule has 138 valence electrons. The third kappa shape index (κ3) is 9.13. The average Bonchev–Trinajstić information content (AvgIpc) is 2.52. The van der Waals surface area contributed by atoms with Gasteiger partial charge in [0.15, 0.2) is 6.61 Å². The van der Waals surface area contributed by atoms with E-state index in [4.69, 9.17) is 4.74 Å². The SMILES string of the molecule is Cc1ccccc1OCC(=O)N[C@@H](CC(C)C)C(=O)NC(C)C(=O)[O-].[K+]. The van der Waals surface area contributed by atoms with Gasteiger partial charge in [0.25, 0.3) is 5.91 Å². The molecule has 0 spiro atoms. The Morgan fingerprint density at radius 1 is 1.12 bits per heavy atom. The van der Waals surface area contributed by atoms with Crippen molar-refractivity contribution in [2.45, 2.75) is 46.2 Å². The zero-order valence-corrected chi connectivity index (χ0v) is 19.1. The molecule has 1 aromatic carbocycles. The van der Waals surface area contributed by atoms with Gasteiger partial charge in [-0.3, -0.25) is 9.59 Å². The Morgan fingerprint density at radius 2 is 1.73 bits per heavy atom. The van der Waals surface area contributed by atoms with Crippen LogP contribution in [0.4, 0.5) is 0 Å². The number of carbonyl (C=O) groups excluding carboxylic acids is 3. The Morgan fingerprint density at radius 3 is 2.27 bits per heavy atom. The molecule has 0 bridgehead atoms. The van der Waals surface area contributed by atoms with E-state index in [1.54, 1.807) is 12.1 Å². The van der Waals surface area contributed by atoms with Crippen LogP contribution in [-0.4, -0.2) is 36.5 Å². The van der Waals surface area contributed by atoms with E-state index in [9.17, 15) is 19.5 Å². The molecular formula is C18H25KN2O5.